The van der Waals surface area contributed by atoms with Gasteiger partial charge in [-0.25, -0.2) is 4.79 Å². The highest BCUT2D eigenvalue weighted by Crippen LogP contribution is 2.33. The quantitative estimate of drug-likeness (QED) is 0.441. The molecule has 2 N–H and O–H groups in total. The van der Waals surface area contributed by atoms with Crippen molar-refractivity contribution >= 4 is 11.0 Å². The van der Waals surface area contributed by atoms with E-state index in [1.54, 1.807) is 12.1 Å². The zero-order valence-corrected chi connectivity index (χ0v) is 12.9. The molecule has 1 heterocycles. The first kappa shape index (κ1) is 16.9. The van der Waals surface area contributed by atoms with Crippen molar-refractivity contribution in [3.05, 3.63) is 41.0 Å². The maximum absolute atomic E-state index is 11.9. The molecule has 124 valence electrons. The Balaban J connectivity index is 2.29. The van der Waals surface area contributed by atoms with Crippen LogP contribution in [0.1, 0.15) is 26.2 Å². The van der Waals surface area contributed by atoms with E-state index in [-0.39, 0.29) is 30.3 Å². The van der Waals surface area contributed by atoms with Crippen molar-refractivity contribution in [2.45, 2.75) is 26.2 Å². The third-order valence-electron chi connectivity index (χ3n) is 3.18. The second-order valence-corrected chi connectivity index (χ2v) is 4.93. The molecule has 0 bridgehead atoms. The smallest absolute Gasteiger partial charge is 0.383 e. The van der Waals surface area contributed by atoms with Gasteiger partial charge in [-0.15, -0.1) is 0 Å². The van der Waals surface area contributed by atoms with Crippen LogP contribution in [-0.2, 0) is 0 Å². The lowest BCUT2D eigenvalue weighted by atomic mass is 10.2. The fourth-order valence-electron chi connectivity index (χ4n) is 2.01. The molecule has 0 spiro atoms. The number of unbranched alkanes of at least 4 members (excludes halogenated alkanes) is 2. The fourth-order valence-corrected chi connectivity index (χ4v) is 2.01. The van der Waals surface area contributed by atoms with Crippen molar-refractivity contribution in [3.8, 4) is 17.2 Å². The van der Waals surface area contributed by atoms with Crippen LogP contribution >= 0.6 is 0 Å². The van der Waals surface area contributed by atoms with E-state index < -0.39 is 5.63 Å². The Morgan fingerprint density at radius 3 is 2.91 bits per heavy atom. The Morgan fingerprint density at radius 1 is 1.35 bits per heavy atom. The molecule has 0 saturated heterocycles. The maximum atomic E-state index is 11.9. The molecule has 0 radical (unpaired) electrons. The van der Waals surface area contributed by atoms with E-state index >= 15 is 0 Å². The van der Waals surface area contributed by atoms with E-state index in [0.29, 0.717) is 11.1 Å². The van der Waals surface area contributed by atoms with Gasteiger partial charge in [0.2, 0.25) is 0 Å². The predicted molar refractivity (Wildman–Crippen MR) is 86.0 cm³/mol. The molecule has 0 atom stereocenters. The third kappa shape index (κ3) is 4.26. The highest BCUT2D eigenvalue weighted by atomic mass is 16.5. The summed E-state index contributed by atoms with van der Waals surface area (Å²) in [5, 5.41) is 19.3. The zero-order chi connectivity index (χ0) is 16.7. The van der Waals surface area contributed by atoms with E-state index in [2.05, 4.69) is 6.92 Å². The van der Waals surface area contributed by atoms with Crippen LogP contribution in [0.3, 0.4) is 0 Å². The van der Waals surface area contributed by atoms with E-state index in [0.717, 1.165) is 19.3 Å². The van der Waals surface area contributed by atoms with E-state index in [1.807, 2.05) is 0 Å². The lowest BCUT2D eigenvalue weighted by Crippen LogP contribution is -2.04. The van der Waals surface area contributed by atoms with Crippen molar-refractivity contribution in [1.82, 2.24) is 0 Å². The van der Waals surface area contributed by atoms with Gasteiger partial charge in [0.05, 0.1) is 18.3 Å². The first-order valence-electron chi connectivity index (χ1n) is 7.52. The SMILES string of the molecule is CCCCC=COc1c(O)c2cc(OCCO)ccc2oc1=O. The van der Waals surface area contributed by atoms with Gasteiger partial charge < -0.3 is 24.1 Å². The Labute approximate surface area is 133 Å². The Hall–Kier alpha value is -2.47. The third-order valence-corrected chi connectivity index (χ3v) is 3.18. The largest absolute Gasteiger partial charge is 0.504 e. The average Bonchev–Trinajstić information content (AvgIpc) is 2.55. The van der Waals surface area contributed by atoms with Gasteiger partial charge in [0.25, 0.3) is 5.75 Å². The number of hydrogen-bond donors (Lipinski definition) is 2. The second-order valence-electron chi connectivity index (χ2n) is 4.93. The molecule has 0 aliphatic rings. The van der Waals surface area contributed by atoms with E-state index in [1.165, 1.54) is 18.4 Å². The van der Waals surface area contributed by atoms with Crippen LogP contribution in [0.2, 0.25) is 0 Å². The lowest BCUT2D eigenvalue weighted by molar-refractivity contribution is 0.201. The number of aromatic hydroxyl groups is 1. The first-order valence-corrected chi connectivity index (χ1v) is 7.52. The minimum absolute atomic E-state index is 0.120. The van der Waals surface area contributed by atoms with Crippen molar-refractivity contribution in [2.24, 2.45) is 0 Å². The Morgan fingerprint density at radius 2 is 2.17 bits per heavy atom. The van der Waals surface area contributed by atoms with Gasteiger partial charge in [0, 0.05) is 0 Å². The van der Waals surface area contributed by atoms with Gasteiger partial charge in [-0.2, -0.15) is 0 Å². The minimum Gasteiger partial charge on any atom is -0.504 e. The number of rotatable bonds is 8. The maximum Gasteiger partial charge on any atom is 0.383 e. The van der Waals surface area contributed by atoms with E-state index in [9.17, 15) is 9.90 Å². The van der Waals surface area contributed by atoms with Gasteiger partial charge >= 0.3 is 5.63 Å². The summed E-state index contributed by atoms with van der Waals surface area (Å²) in [7, 11) is 0. The van der Waals surface area contributed by atoms with Gasteiger partial charge in [-0.1, -0.05) is 13.3 Å². The number of hydrogen-bond acceptors (Lipinski definition) is 6. The van der Waals surface area contributed by atoms with Gasteiger partial charge in [0.1, 0.15) is 17.9 Å². The summed E-state index contributed by atoms with van der Waals surface area (Å²) in [6.45, 7) is 2.09. The summed E-state index contributed by atoms with van der Waals surface area (Å²) in [6, 6.07) is 4.63. The number of aliphatic hydroxyl groups excluding tert-OH is 1. The highest BCUT2D eigenvalue weighted by Gasteiger charge is 2.15. The molecule has 23 heavy (non-hydrogen) atoms. The minimum atomic E-state index is -0.751. The highest BCUT2D eigenvalue weighted by molar-refractivity contribution is 5.86. The van der Waals surface area contributed by atoms with Crippen LogP contribution in [0.5, 0.6) is 17.2 Å². The van der Waals surface area contributed by atoms with Crippen molar-refractivity contribution < 1.29 is 24.1 Å². The normalized spacial score (nSPS) is 11.2. The van der Waals surface area contributed by atoms with Crippen LogP contribution < -0.4 is 15.1 Å². The molecule has 0 aliphatic heterocycles. The summed E-state index contributed by atoms with van der Waals surface area (Å²) in [6.07, 6.45) is 6.07. The Bertz CT molecular complexity index is 732. The van der Waals surface area contributed by atoms with Crippen LogP contribution in [-0.4, -0.2) is 23.4 Å². The number of aliphatic hydroxyl groups is 1. The summed E-state index contributed by atoms with van der Waals surface area (Å²) in [4.78, 5) is 11.9. The molecular formula is C17H20O6. The van der Waals surface area contributed by atoms with Gasteiger partial charge in [-0.05, 0) is 37.1 Å². The van der Waals surface area contributed by atoms with Crippen molar-refractivity contribution in [1.29, 1.82) is 0 Å². The molecule has 6 heteroatoms. The molecular weight excluding hydrogens is 300 g/mol. The Kier molecular flexibility index (Phi) is 6.05. The molecule has 2 aromatic rings. The van der Waals surface area contributed by atoms with Gasteiger partial charge in [-0.3, -0.25) is 0 Å². The monoisotopic (exact) mass is 320 g/mol. The summed E-state index contributed by atoms with van der Waals surface area (Å²) < 4.78 is 15.6. The number of benzene rings is 1. The van der Waals surface area contributed by atoms with Crippen LogP contribution in [0.4, 0.5) is 0 Å². The fraction of sp³-hybridized carbons (Fsp3) is 0.353. The molecule has 0 unspecified atom stereocenters. The van der Waals surface area contributed by atoms with Crippen molar-refractivity contribution in [2.75, 3.05) is 13.2 Å². The van der Waals surface area contributed by atoms with Crippen LogP contribution in [0, 0.1) is 0 Å². The molecule has 0 aliphatic carbocycles. The molecule has 1 aromatic heterocycles. The molecule has 0 fully saturated rings. The van der Waals surface area contributed by atoms with Crippen LogP contribution in [0.15, 0.2) is 39.7 Å². The summed E-state index contributed by atoms with van der Waals surface area (Å²) in [5.74, 6) is -0.115. The number of fused-ring (bicyclic) bond motifs is 1. The van der Waals surface area contributed by atoms with E-state index in [4.69, 9.17) is 19.0 Å². The lowest BCUT2D eigenvalue weighted by Gasteiger charge is -2.08. The van der Waals surface area contributed by atoms with Crippen molar-refractivity contribution in [3.63, 3.8) is 0 Å². The number of allylic oxidation sites excluding steroid dienone is 1. The number of ether oxygens (including phenoxy) is 2. The summed E-state index contributed by atoms with van der Waals surface area (Å²) >= 11 is 0. The molecule has 0 amide bonds. The molecule has 0 saturated carbocycles. The molecule has 6 nitrogen and oxygen atoms in total. The topological polar surface area (TPSA) is 89.1 Å². The predicted octanol–water partition coefficient (Wildman–Crippen LogP) is 2.95. The van der Waals surface area contributed by atoms with Crippen LogP contribution in [0.25, 0.3) is 11.0 Å². The van der Waals surface area contributed by atoms with Gasteiger partial charge in [0.15, 0.2) is 5.75 Å². The second kappa shape index (κ2) is 8.24. The first-order chi connectivity index (χ1) is 11.2. The molecule has 2 rings (SSSR count). The molecule has 1 aromatic carbocycles. The standard InChI is InChI=1S/C17H20O6/c1-2-3-4-5-9-22-16-15(19)13-11-12(21-10-8-18)6-7-14(13)23-17(16)20/h5-7,9,11,18-19H,2-4,8,10H2,1H3. The zero-order valence-electron chi connectivity index (χ0n) is 12.9. The summed E-state index contributed by atoms with van der Waals surface area (Å²) in [5.41, 5.74) is -0.523. The average molecular weight is 320 g/mol.